The van der Waals surface area contributed by atoms with Crippen LogP contribution >= 0.6 is 31.3 Å². The van der Waals surface area contributed by atoms with E-state index in [1.165, 1.54) is 27.1 Å². The average Bonchev–Trinajstić information content (AvgIpc) is 4.17. The van der Waals surface area contributed by atoms with Crippen molar-refractivity contribution in [1.82, 2.24) is 48.9 Å². The number of nitrogens with one attached hydrogen (secondary N) is 3. The lowest BCUT2D eigenvalue weighted by Gasteiger charge is -2.26. The Bertz CT molecular complexity index is 3430. The minimum absolute atomic E-state index is 0.00104. The number of aromatic nitrogens is 10. The summed E-state index contributed by atoms with van der Waals surface area (Å²) in [7, 11) is -21.0. The number of amides is 1. The number of anilines is 2. The summed E-state index contributed by atoms with van der Waals surface area (Å²) < 4.78 is 110. The van der Waals surface area contributed by atoms with Crippen LogP contribution in [0.15, 0.2) is 45.6 Å². The van der Waals surface area contributed by atoms with Gasteiger partial charge >= 0.3 is 42.6 Å². The molecule has 16 atom stereocenters. The Morgan fingerprint density at radius 1 is 0.821 bits per heavy atom. The predicted octanol–water partition coefficient (Wildman–Crippen LogP) is -3.85. The molecular weight excluding hydrogens is 1140 g/mol. The van der Waals surface area contributed by atoms with E-state index in [-0.39, 0.29) is 40.6 Å². The summed E-state index contributed by atoms with van der Waals surface area (Å²) in [6, 6.07) is 0.921. The number of rotatable bonds is 22. The number of aliphatic hydroxyl groups excluding tert-OH is 3. The number of nitrogens with two attached hydrogens (primary N) is 2. The van der Waals surface area contributed by atoms with E-state index in [9.17, 15) is 72.3 Å². The van der Waals surface area contributed by atoms with Gasteiger partial charge < -0.3 is 70.6 Å². The van der Waals surface area contributed by atoms with E-state index in [0.717, 1.165) is 36.6 Å². The number of carbonyl (C=O) groups is 1. The van der Waals surface area contributed by atoms with E-state index in [1.807, 2.05) is 4.98 Å². The van der Waals surface area contributed by atoms with Crippen LogP contribution in [0.2, 0.25) is 0 Å². The normalized spacial score (nSPS) is 29.6. The van der Waals surface area contributed by atoms with Gasteiger partial charge in [0.25, 0.3) is 17.1 Å². The molecule has 3 saturated heterocycles. The quantitative estimate of drug-likeness (QED) is 0.0233. The van der Waals surface area contributed by atoms with Crippen molar-refractivity contribution in [2.24, 2.45) is 18.9 Å². The van der Waals surface area contributed by atoms with Gasteiger partial charge in [-0.3, -0.25) is 56.1 Å². The number of H-pyrrole nitrogens is 2. The Morgan fingerprint density at radius 2 is 1.46 bits per heavy atom. The third-order valence-corrected chi connectivity index (χ3v) is 17.4. The highest BCUT2D eigenvalue weighted by Crippen LogP contribution is 2.68. The number of phosphoric acid groups is 4. The van der Waals surface area contributed by atoms with Crippen molar-refractivity contribution in [3.8, 4) is 0 Å². The van der Waals surface area contributed by atoms with Crippen molar-refractivity contribution in [3.63, 3.8) is 0 Å². The Balaban J connectivity index is 0.950. The molecule has 3 fully saturated rings. The molecule has 5 aromatic rings. The van der Waals surface area contributed by atoms with Gasteiger partial charge in [0, 0.05) is 37.8 Å². The molecule has 0 radical (unpaired) electrons. The van der Waals surface area contributed by atoms with Gasteiger partial charge in [-0.15, -0.1) is 0 Å². The molecule has 0 aliphatic carbocycles. The van der Waals surface area contributed by atoms with Crippen molar-refractivity contribution < 1.29 is 108 Å². The summed E-state index contributed by atoms with van der Waals surface area (Å²) in [5.74, 6) is -2.57. The first-order chi connectivity index (χ1) is 36.5. The van der Waals surface area contributed by atoms with Crippen molar-refractivity contribution in [2.75, 3.05) is 44.9 Å². The summed E-state index contributed by atoms with van der Waals surface area (Å²) in [4.78, 5) is 112. The number of aromatic amines is 2. The smallest absolute Gasteiger partial charge is 0.387 e. The SMILES string of the molecule is CO[C@@H]1[C@H](OP(=O)(O)OC[C@H]2O[C@@H](n3ccc(=O)[nH]c3=O)[C@H](O)[C@@H]2O)[C@@H](COP(=O)(O)OP(=O)(O)OP(=O)(O)OC[C@H]2O[C@@H]([n+]3cn(C)c4c(=O)[nH]c(N)nc43)[C@H](O)[C@@H]2CNC(=O)C(C)C)O[C@H]1n1cnc2c(N)ncnc21. The van der Waals surface area contributed by atoms with Crippen LogP contribution < -0.4 is 38.2 Å². The Hall–Kier alpha value is -5.11. The van der Waals surface area contributed by atoms with Crippen molar-refractivity contribution >= 4 is 71.3 Å². The van der Waals surface area contributed by atoms with Gasteiger partial charge in [0.05, 0.1) is 39.3 Å². The van der Waals surface area contributed by atoms with Gasteiger partial charge in [0.1, 0.15) is 54.6 Å². The molecule has 0 bridgehead atoms. The molecule has 4 unspecified atom stereocenters. The molecule has 3 aliphatic heterocycles. The highest BCUT2D eigenvalue weighted by Gasteiger charge is 2.54. The maximum atomic E-state index is 13.6. The molecule has 8 heterocycles. The lowest BCUT2D eigenvalue weighted by Crippen LogP contribution is -2.46. The van der Waals surface area contributed by atoms with Gasteiger partial charge in [-0.2, -0.15) is 8.62 Å². The molecule has 14 N–H and O–H groups in total. The number of carbonyl (C=O) groups excluding carboxylic acids is 1. The van der Waals surface area contributed by atoms with Gasteiger partial charge in [-0.25, -0.2) is 42.6 Å². The van der Waals surface area contributed by atoms with Crippen LogP contribution in [0.4, 0.5) is 11.8 Å². The molecule has 0 spiro atoms. The summed E-state index contributed by atoms with van der Waals surface area (Å²) in [6.45, 7) is -0.521. The monoisotopic (exact) mass is 1190 g/mol. The number of methoxy groups -OCH3 is 1. The lowest BCUT2D eigenvalue weighted by molar-refractivity contribution is -0.745. The maximum absolute atomic E-state index is 13.6. The molecule has 78 heavy (non-hydrogen) atoms. The minimum atomic E-state index is -6.23. The third-order valence-electron chi connectivity index (χ3n) is 12.2. The zero-order chi connectivity index (χ0) is 57.0. The number of nitrogens with zero attached hydrogens (tertiary/aromatic N) is 8. The third kappa shape index (κ3) is 12.7. The van der Waals surface area contributed by atoms with Crippen molar-refractivity contribution in [2.45, 2.75) is 81.4 Å². The highest BCUT2D eigenvalue weighted by atomic mass is 31.3. The van der Waals surface area contributed by atoms with Crippen LogP contribution in [0.1, 0.15) is 32.5 Å². The van der Waals surface area contributed by atoms with E-state index in [4.69, 9.17) is 48.5 Å². The predicted molar refractivity (Wildman–Crippen MR) is 253 cm³/mol. The van der Waals surface area contributed by atoms with Crippen LogP contribution in [0.25, 0.3) is 22.3 Å². The standard InChI is InChI=1S/C36H51N13O25P4/c1-14(2)30(54)39-7-15-16(69-32(22(15)51)49-13-46(3)21-29(49)44-35(38)45-31(21)55)8-67-76(59,60)73-78(63,64)74-77(61,62)68-10-18-25(26(65-4)34(71-18)48-12-42-20-27(37)40-11-41-28(20)48)72-75(57,58)66-9-17-23(52)24(53)33(70-17)47-6-5-19(50)43-36(47)56/h5-6,11-18,22-26,32-34,51-53H,7-10H2,1-4H3,(H10-,37,38,39,40,41,43,44,45,50,54,55,56,57,58,59,60,61,62,63,64)/p+1/t15-,16-,17-,18-,22-,23-,24-,25-,26-,32-,33-,34-/m1/s1. The number of hydrogen-bond donors (Lipinski definition) is 12. The number of fused-ring (bicyclic) bond motifs is 2. The first-order valence-electron chi connectivity index (χ1n) is 22.7. The van der Waals surface area contributed by atoms with Crippen molar-refractivity contribution in [1.29, 1.82) is 0 Å². The van der Waals surface area contributed by atoms with Crippen LogP contribution in [0, 0.1) is 11.8 Å². The largest absolute Gasteiger partial charge is 0.490 e. The summed E-state index contributed by atoms with van der Waals surface area (Å²) in [6.07, 6.45) is -13.8. The number of hydrogen-bond acceptors (Lipinski definition) is 27. The Labute approximate surface area is 435 Å². The van der Waals surface area contributed by atoms with Crippen LogP contribution in [-0.2, 0) is 75.8 Å². The van der Waals surface area contributed by atoms with Gasteiger partial charge in [0.2, 0.25) is 17.7 Å². The number of ether oxygens (including phenoxy) is 4. The maximum Gasteiger partial charge on any atom is 0.490 e. The minimum Gasteiger partial charge on any atom is -0.387 e. The van der Waals surface area contributed by atoms with Gasteiger partial charge in [-0.1, -0.05) is 18.8 Å². The molecule has 8 rings (SSSR count). The molecule has 0 aromatic carbocycles. The fourth-order valence-corrected chi connectivity index (χ4v) is 13.0. The molecule has 0 saturated carbocycles. The van der Waals surface area contributed by atoms with E-state index in [2.05, 4.69) is 38.9 Å². The molecule has 38 nitrogen and oxygen atoms in total. The first-order valence-corrected chi connectivity index (χ1v) is 28.6. The molecule has 42 heteroatoms. The Morgan fingerprint density at radius 3 is 2.12 bits per heavy atom. The van der Waals surface area contributed by atoms with Crippen LogP contribution in [-0.4, -0.2) is 167 Å². The van der Waals surface area contributed by atoms with Gasteiger partial charge in [-0.05, 0) is 0 Å². The van der Waals surface area contributed by atoms with Crippen LogP contribution in [0.3, 0.4) is 0 Å². The number of aliphatic hydroxyl groups is 3. The van der Waals surface area contributed by atoms with Crippen molar-refractivity contribution in [3.05, 3.63) is 62.4 Å². The number of phosphoric ester groups is 3. The second-order valence-corrected chi connectivity index (χ2v) is 23.8. The number of aryl methyl sites for hydroxylation is 1. The van der Waals surface area contributed by atoms with E-state index >= 15 is 0 Å². The zero-order valence-corrected chi connectivity index (χ0v) is 44.3. The zero-order valence-electron chi connectivity index (χ0n) is 40.7. The second-order valence-electron chi connectivity index (χ2n) is 17.8. The summed E-state index contributed by atoms with van der Waals surface area (Å²) in [5, 5.41) is 35.4. The first kappa shape index (κ1) is 59.0. The molecule has 1 amide bonds. The van der Waals surface area contributed by atoms with Crippen LogP contribution in [0.5, 0.6) is 0 Å². The number of imidazole rings is 2. The van der Waals surface area contributed by atoms with E-state index in [0.29, 0.717) is 0 Å². The lowest BCUT2D eigenvalue weighted by atomic mass is 9.98. The summed E-state index contributed by atoms with van der Waals surface area (Å²) in [5.41, 5.74) is 9.19. The molecule has 3 aliphatic rings. The fraction of sp³-hybridized carbons (Fsp3) is 0.583. The fourth-order valence-electron chi connectivity index (χ4n) is 8.55. The molecule has 430 valence electrons. The Kier molecular flexibility index (Phi) is 17.2. The molecular formula is C36H52N13O25P4+. The number of nitrogen functional groups attached to an aromatic ring is 2. The average molecular weight is 1190 g/mol. The van der Waals surface area contributed by atoms with E-state index < -0.39 is 153 Å². The van der Waals surface area contributed by atoms with Gasteiger partial charge in [0.15, 0.2) is 30.2 Å². The highest BCUT2D eigenvalue weighted by molar-refractivity contribution is 7.66. The second kappa shape index (κ2) is 22.8. The topological polar surface area (TPSA) is 536 Å². The molecule has 5 aromatic heterocycles. The van der Waals surface area contributed by atoms with E-state index in [1.54, 1.807) is 13.8 Å². The summed E-state index contributed by atoms with van der Waals surface area (Å²) >= 11 is 0.